The van der Waals surface area contributed by atoms with Crippen LogP contribution in [0.15, 0.2) is 41.3 Å². The Morgan fingerprint density at radius 2 is 1.75 bits per heavy atom. The van der Waals surface area contributed by atoms with Gasteiger partial charge in [0.05, 0.1) is 22.3 Å². The topological polar surface area (TPSA) is 90.3 Å². The van der Waals surface area contributed by atoms with Gasteiger partial charge in [-0.25, -0.2) is 8.42 Å². The Hall–Kier alpha value is -2.69. The number of nitriles is 1. The lowest BCUT2D eigenvalue weighted by Gasteiger charge is -2.32. The van der Waals surface area contributed by atoms with Crippen LogP contribution in [0.4, 0.5) is 5.69 Å². The standard InChI is InChI=1S/C25H29N3O3S/c1-17-13-18(2)23(19(3)14-17)32(30,31)28-12-4-5-20(15-28)24(29)27-22-8-6-21(7-9-22)25(16-26)10-11-25/h6-9,13-14,20H,4-5,10-12,15H2,1-3H3,(H,27,29). The molecule has 2 aromatic rings. The van der Waals surface area contributed by atoms with E-state index in [-0.39, 0.29) is 17.9 Å². The number of amides is 1. The third kappa shape index (κ3) is 4.17. The minimum atomic E-state index is -3.67. The van der Waals surface area contributed by atoms with Crippen LogP contribution in [0.5, 0.6) is 0 Å². The number of benzene rings is 2. The van der Waals surface area contributed by atoms with Gasteiger partial charge in [-0.2, -0.15) is 9.57 Å². The Morgan fingerprint density at radius 3 is 2.31 bits per heavy atom. The molecule has 0 radical (unpaired) electrons. The zero-order chi connectivity index (χ0) is 23.1. The number of hydrogen-bond acceptors (Lipinski definition) is 4. The zero-order valence-corrected chi connectivity index (χ0v) is 19.6. The number of sulfonamides is 1. The number of nitrogens with zero attached hydrogens (tertiary/aromatic N) is 2. The number of hydrogen-bond donors (Lipinski definition) is 1. The maximum Gasteiger partial charge on any atom is 0.243 e. The van der Waals surface area contributed by atoms with E-state index in [9.17, 15) is 18.5 Å². The average Bonchev–Trinajstić information content (AvgIpc) is 3.55. The maximum atomic E-state index is 13.4. The summed E-state index contributed by atoms with van der Waals surface area (Å²) in [5, 5.41) is 12.3. The van der Waals surface area contributed by atoms with Gasteiger partial charge >= 0.3 is 0 Å². The van der Waals surface area contributed by atoms with Crippen LogP contribution in [0.2, 0.25) is 0 Å². The van der Waals surface area contributed by atoms with Crippen molar-refractivity contribution in [2.45, 2.75) is 56.8 Å². The van der Waals surface area contributed by atoms with Gasteiger partial charge in [0, 0.05) is 18.8 Å². The quantitative estimate of drug-likeness (QED) is 0.737. The molecule has 1 heterocycles. The first-order valence-electron chi connectivity index (χ1n) is 11.1. The molecule has 1 unspecified atom stereocenters. The molecular formula is C25H29N3O3S. The highest BCUT2D eigenvalue weighted by Gasteiger charge is 2.44. The van der Waals surface area contributed by atoms with Gasteiger partial charge in [-0.15, -0.1) is 0 Å². The monoisotopic (exact) mass is 451 g/mol. The molecular weight excluding hydrogens is 422 g/mol. The van der Waals surface area contributed by atoms with Crippen molar-refractivity contribution in [2.24, 2.45) is 5.92 Å². The van der Waals surface area contributed by atoms with Gasteiger partial charge in [-0.3, -0.25) is 4.79 Å². The fourth-order valence-corrected chi connectivity index (χ4v) is 6.72. The molecule has 7 heteroatoms. The zero-order valence-electron chi connectivity index (χ0n) is 18.8. The number of carbonyl (C=O) groups excluding carboxylic acids is 1. The Bertz CT molecular complexity index is 1170. The number of piperidine rings is 1. The van der Waals surface area contributed by atoms with Crippen molar-refractivity contribution in [1.82, 2.24) is 4.31 Å². The van der Waals surface area contributed by atoms with Gasteiger partial charge in [0.1, 0.15) is 0 Å². The Labute approximate surface area is 190 Å². The first-order valence-corrected chi connectivity index (χ1v) is 12.5. The van der Waals surface area contributed by atoms with Crippen LogP contribution in [-0.4, -0.2) is 31.7 Å². The molecule has 1 aliphatic heterocycles. The van der Waals surface area contributed by atoms with Crippen LogP contribution >= 0.6 is 0 Å². The molecule has 0 bridgehead atoms. The van der Waals surface area contributed by atoms with E-state index in [0.717, 1.165) is 35.1 Å². The summed E-state index contributed by atoms with van der Waals surface area (Å²) in [5.74, 6) is -0.574. The fraction of sp³-hybridized carbons (Fsp3) is 0.440. The largest absolute Gasteiger partial charge is 0.326 e. The van der Waals surface area contributed by atoms with Gasteiger partial charge in [0.15, 0.2) is 0 Å². The lowest BCUT2D eigenvalue weighted by Crippen LogP contribution is -2.44. The SMILES string of the molecule is Cc1cc(C)c(S(=O)(=O)N2CCCC(C(=O)Nc3ccc(C4(C#N)CC4)cc3)C2)c(C)c1. The van der Waals surface area contributed by atoms with Crippen molar-refractivity contribution in [2.75, 3.05) is 18.4 Å². The van der Waals surface area contributed by atoms with Crippen molar-refractivity contribution in [1.29, 1.82) is 5.26 Å². The molecule has 1 amide bonds. The van der Waals surface area contributed by atoms with Crippen molar-refractivity contribution < 1.29 is 13.2 Å². The van der Waals surface area contributed by atoms with E-state index in [0.29, 0.717) is 30.0 Å². The van der Waals surface area contributed by atoms with Crippen LogP contribution in [0.3, 0.4) is 0 Å². The van der Waals surface area contributed by atoms with Crippen LogP contribution in [-0.2, 0) is 20.2 Å². The number of aryl methyl sites for hydroxylation is 3. The predicted molar refractivity (Wildman–Crippen MR) is 124 cm³/mol. The summed E-state index contributed by atoms with van der Waals surface area (Å²) in [5.41, 5.74) is 3.80. The molecule has 1 atom stereocenters. The second-order valence-corrected chi connectivity index (χ2v) is 11.1. The summed E-state index contributed by atoms with van der Waals surface area (Å²) in [6.07, 6.45) is 3.05. The molecule has 6 nitrogen and oxygen atoms in total. The summed E-state index contributed by atoms with van der Waals surface area (Å²) in [6.45, 7) is 6.20. The number of rotatable bonds is 5. The number of nitrogens with one attached hydrogen (secondary N) is 1. The first kappa shape index (κ1) is 22.5. The van der Waals surface area contributed by atoms with Gasteiger partial charge in [0.25, 0.3) is 0 Å². The molecule has 1 saturated carbocycles. The van der Waals surface area contributed by atoms with E-state index >= 15 is 0 Å². The molecule has 0 spiro atoms. The summed E-state index contributed by atoms with van der Waals surface area (Å²) < 4.78 is 28.3. The van der Waals surface area contributed by atoms with E-state index in [4.69, 9.17) is 0 Å². The molecule has 1 N–H and O–H groups in total. The van der Waals surface area contributed by atoms with Gasteiger partial charge in [0.2, 0.25) is 15.9 Å². The first-order chi connectivity index (χ1) is 15.2. The highest BCUT2D eigenvalue weighted by molar-refractivity contribution is 7.89. The van der Waals surface area contributed by atoms with E-state index in [1.54, 1.807) is 0 Å². The lowest BCUT2D eigenvalue weighted by molar-refractivity contribution is -0.120. The van der Waals surface area contributed by atoms with E-state index < -0.39 is 15.9 Å². The van der Waals surface area contributed by atoms with Crippen molar-refractivity contribution >= 4 is 21.6 Å². The maximum absolute atomic E-state index is 13.4. The predicted octanol–water partition coefficient (Wildman–Crippen LogP) is 4.21. The minimum absolute atomic E-state index is 0.170. The van der Waals surface area contributed by atoms with Gasteiger partial charge in [-0.1, -0.05) is 29.8 Å². The number of anilines is 1. The summed E-state index contributed by atoms with van der Waals surface area (Å²) in [7, 11) is -3.67. The van der Waals surface area contributed by atoms with Crippen LogP contribution in [0, 0.1) is 38.0 Å². The lowest BCUT2D eigenvalue weighted by atomic mass is 9.97. The normalized spacial score (nSPS) is 20.4. The van der Waals surface area contributed by atoms with Crippen LogP contribution < -0.4 is 5.32 Å². The Balaban J connectivity index is 1.47. The highest BCUT2D eigenvalue weighted by atomic mass is 32.2. The average molecular weight is 452 g/mol. The van der Waals surface area contributed by atoms with E-state index in [1.807, 2.05) is 57.2 Å². The van der Waals surface area contributed by atoms with Gasteiger partial charge in [-0.05, 0) is 75.3 Å². The molecule has 1 aliphatic carbocycles. The summed E-state index contributed by atoms with van der Waals surface area (Å²) >= 11 is 0. The molecule has 1 saturated heterocycles. The third-order valence-corrected chi connectivity index (χ3v) is 8.80. The molecule has 2 aromatic carbocycles. The Kier molecular flexibility index (Phi) is 5.87. The van der Waals surface area contributed by atoms with Crippen molar-refractivity contribution in [3.63, 3.8) is 0 Å². The molecule has 4 rings (SSSR count). The van der Waals surface area contributed by atoms with Crippen LogP contribution in [0.1, 0.15) is 47.9 Å². The van der Waals surface area contributed by atoms with Crippen molar-refractivity contribution in [3.8, 4) is 6.07 Å². The Morgan fingerprint density at radius 1 is 1.12 bits per heavy atom. The molecule has 2 fully saturated rings. The van der Waals surface area contributed by atoms with E-state index in [1.165, 1.54) is 4.31 Å². The summed E-state index contributed by atoms with van der Waals surface area (Å²) in [4.78, 5) is 13.3. The van der Waals surface area contributed by atoms with Crippen molar-refractivity contribution in [3.05, 3.63) is 58.7 Å². The fourth-order valence-electron chi connectivity index (χ4n) is 4.78. The second kappa shape index (κ2) is 8.34. The summed E-state index contributed by atoms with van der Waals surface area (Å²) in [6, 6.07) is 13.6. The van der Waals surface area contributed by atoms with Gasteiger partial charge < -0.3 is 5.32 Å². The highest BCUT2D eigenvalue weighted by Crippen LogP contribution is 2.47. The smallest absolute Gasteiger partial charge is 0.243 e. The van der Waals surface area contributed by atoms with Crippen LogP contribution in [0.25, 0.3) is 0 Å². The third-order valence-electron chi connectivity index (χ3n) is 6.63. The molecule has 0 aromatic heterocycles. The molecule has 32 heavy (non-hydrogen) atoms. The second-order valence-electron chi connectivity index (χ2n) is 9.19. The molecule has 2 aliphatic rings. The molecule has 168 valence electrons. The minimum Gasteiger partial charge on any atom is -0.326 e. The van der Waals surface area contributed by atoms with E-state index in [2.05, 4.69) is 11.4 Å². The number of carbonyl (C=O) groups is 1.